The fourth-order valence-electron chi connectivity index (χ4n) is 10.8. The molecule has 4 aliphatic rings. The Morgan fingerprint density at radius 1 is 0.776 bits per heavy atom. The van der Waals surface area contributed by atoms with E-state index in [1.54, 1.807) is 0 Å². The molecule has 0 amide bonds. The van der Waals surface area contributed by atoms with Crippen molar-refractivity contribution in [3.63, 3.8) is 0 Å². The van der Waals surface area contributed by atoms with E-state index >= 15 is 0 Å². The predicted octanol–water partition coefficient (Wildman–Crippen LogP) is 6.25. The van der Waals surface area contributed by atoms with Crippen LogP contribution in [0.1, 0.15) is 137 Å². The minimum Gasteiger partial charge on any atom is -0.466 e. The molecule has 10 heteroatoms. The first-order valence-electron chi connectivity index (χ1n) is 19.6. The summed E-state index contributed by atoms with van der Waals surface area (Å²) in [6.45, 7) is 11.1. The van der Waals surface area contributed by atoms with Crippen molar-refractivity contribution >= 4 is 23.9 Å². The maximum Gasteiger partial charge on any atom is 0.319 e. The van der Waals surface area contributed by atoms with Crippen molar-refractivity contribution in [2.75, 3.05) is 19.7 Å². The third kappa shape index (κ3) is 9.00. The molecule has 4 N–H and O–H groups in total. The van der Waals surface area contributed by atoms with Crippen LogP contribution in [0.15, 0.2) is 0 Å². The zero-order chi connectivity index (χ0) is 35.8. The van der Waals surface area contributed by atoms with Crippen LogP contribution in [0.25, 0.3) is 0 Å². The van der Waals surface area contributed by atoms with Crippen molar-refractivity contribution < 1.29 is 38.1 Å². The summed E-state index contributed by atoms with van der Waals surface area (Å²) in [6.07, 6.45) is 13.1. The van der Waals surface area contributed by atoms with Gasteiger partial charge in [0.2, 0.25) is 0 Å². The lowest BCUT2D eigenvalue weighted by Crippen LogP contribution is -2.63. The summed E-state index contributed by atoms with van der Waals surface area (Å²) in [5.41, 5.74) is 10.9. The minimum absolute atomic E-state index is 0.0937. The molecular weight excluding hydrogens is 624 g/mol. The van der Waals surface area contributed by atoms with Gasteiger partial charge in [0.05, 0.1) is 19.7 Å². The average Bonchev–Trinajstić information content (AvgIpc) is 3.45. The van der Waals surface area contributed by atoms with E-state index < -0.39 is 11.9 Å². The Bertz CT molecular complexity index is 1130. The molecular formula is C39H66N2O8. The summed E-state index contributed by atoms with van der Waals surface area (Å²) >= 11 is 0. The Kier molecular flexibility index (Phi) is 14.4. The molecule has 2 unspecified atom stereocenters. The second-order valence-electron chi connectivity index (χ2n) is 16.2. The monoisotopic (exact) mass is 690 g/mol. The number of hydrogen-bond acceptors (Lipinski definition) is 10. The van der Waals surface area contributed by atoms with E-state index in [2.05, 4.69) is 27.7 Å². The van der Waals surface area contributed by atoms with E-state index in [0.717, 1.165) is 44.9 Å². The maximum absolute atomic E-state index is 12.9. The molecule has 11 atom stereocenters. The SMILES string of the molecule is CCCCCCCCOC(=O)CC[C@@H](C)C1CC[C@H]2[C@@H]3[C@H](OC(=O)CC)CC4C[C@H](OC(=O)CN)CC[C@]4(C)[C@H]3C[C@H](OC(=O)CN)[C@]12C. The summed E-state index contributed by atoms with van der Waals surface area (Å²) < 4.78 is 24.0. The first-order valence-corrected chi connectivity index (χ1v) is 19.6. The fraction of sp³-hybridized carbons (Fsp3) is 0.897. The van der Waals surface area contributed by atoms with Crippen molar-refractivity contribution in [2.45, 2.75) is 156 Å². The third-order valence-electron chi connectivity index (χ3n) is 13.5. The van der Waals surface area contributed by atoms with Crippen LogP contribution >= 0.6 is 0 Å². The Labute approximate surface area is 294 Å². The van der Waals surface area contributed by atoms with Gasteiger partial charge in [-0.15, -0.1) is 0 Å². The van der Waals surface area contributed by atoms with Crippen molar-refractivity contribution in [3.05, 3.63) is 0 Å². The number of ether oxygens (including phenoxy) is 4. The van der Waals surface area contributed by atoms with Crippen LogP contribution in [0.3, 0.4) is 0 Å². The maximum atomic E-state index is 12.9. The van der Waals surface area contributed by atoms with Gasteiger partial charge in [0.15, 0.2) is 0 Å². The predicted molar refractivity (Wildman–Crippen MR) is 187 cm³/mol. The molecule has 10 nitrogen and oxygen atoms in total. The van der Waals surface area contributed by atoms with Gasteiger partial charge >= 0.3 is 23.9 Å². The molecule has 0 aromatic carbocycles. The van der Waals surface area contributed by atoms with Crippen LogP contribution in [-0.2, 0) is 38.1 Å². The minimum atomic E-state index is -0.399. The van der Waals surface area contributed by atoms with Gasteiger partial charge in [0.1, 0.15) is 18.3 Å². The van der Waals surface area contributed by atoms with Gasteiger partial charge < -0.3 is 30.4 Å². The second-order valence-corrected chi connectivity index (χ2v) is 16.2. The van der Waals surface area contributed by atoms with Gasteiger partial charge in [-0.2, -0.15) is 0 Å². The highest BCUT2D eigenvalue weighted by Crippen LogP contribution is 2.69. The first-order chi connectivity index (χ1) is 23.4. The summed E-state index contributed by atoms with van der Waals surface area (Å²) in [5.74, 6) is -0.0576. The number of unbranched alkanes of at least 4 members (excludes halogenated alkanes) is 5. The van der Waals surface area contributed by atoms with Crippen LogP contribution in [0, 0.1) is 46.3 Å². The summed E-state index contributed by atoms with van der Waals surface area (Å²) in [6, 6.07) is 0. The third-order valence-corrected chi connectivity index (χ3v) is 13.5. The molecule has 0 aliphatic heterocycles. The Balaban J connectivity index is 1.53. The molecule has 4 aliphatic carbocycles. The summed E-state index contributed by atoms with van der Waals surface area (Å²) in [4.78, 5) is 50.7. The average molecular weight is 691 g/mol. The molecule has 0 heterocycles. The zero-order valence-corrected chi connectivity index (χ0v) is 31.1. The summed E-state index contributed by atoms with van der Waals surface area (Å²) in [5, 5.41) is 0. The normalized spacial score (nSPS) is 35.7. The number of hydrogen-bond donors (Lipinski definition) is 2. The zero-order valence-electron chi connectivity index (χ0n) is 31.1. The Morgan fingerprint density at radius 2 is 1.47 bits per heavy atom. The largest absolute Gasteiger partial charge is 0.466 e. The topological polar surface area (TPSA) is 157 Å². The van der Waals surface area contributed by atoms with Gasteiger partial charge in [0.25, 0.3) is 0 Å². The van der Waals surface area contributed by atoms with Gasteiger partial charge in [0, 0.05) is 24.2 Å². The molecule has 0 saturated heterocycles. The van der Waals surface area contributed by atoms with Crippen LogP contribution < -0.4 is 11.5 Å². The fourth-order valence-corrected chi connectivity index (χ4v) is 10.8. The smallest absolute Gasteiger partial charge is 0.319 e. The Hall–Kier alpha value is -2.20. The van der Waals surface area contributed by atoms with E-state index in [0.29, 0.717) is 38.7 Å². The highest BCUT2D eigenvalue weighted by molar-refractivity contribution is 5.72. The van der Waals surface area contributed by atoms with Crippen LogP contribution in [0.4, 0.5) is 0 Å². The summed E-state index contributed by atoms with van der Waals surface area (Å²) in [7, 11) is 0. The molecule has 0 bridgehead atoms. The van der Waals surface area contributed by atoms with Gasteiger partial charge in [-0.25, -0.2) is 0 Å². The number of esters is 4. The first kappa shape index (κ1) is 39.6. The molecule has 0 aromatic heterocycles. The van der Waals surface area contributed by atoms with Crippen LogP contribution in [0.2, 0.25) is 0 Å². The number of nitrogens with two attached hydrogens (primary N) is 2. The molecule has 0 spiro atoms. The van der Waals surface area contributed by atoms with Gasteiger partial charge in [-0.05, 0) is 92.8 Å². The lowest BCUT2D eigenvalue weighted by molar-refractivity contribution is -0.225. The van der Waals surface area contributed by atoms with E-state index in [9.17, 15) is 19.2 Å². The standard InChI is InChI=1S/C39H66N2O8/c1-6-8-9-10-11-12-19-46-34(43)16-13-25(3)28-14-15-29-37-30(22-32(39(28,29)5)49-36(45)24-41)38(4)18-17-27(47-35(44)23-40)20-26(38)21-31(37)48-33(42)7-2/h25-32,37H,6-24,40-41H2,1-5H3/t25-,26?,27-,28?,29+,30+,31-,32+,37+,38+,39-/m1/s1. The molecule has 4 rings (SSSR count). The van der Waals surface area contributed by atoms with Crippen LogP contribution in [-0.4, -0.2) is 61.9 Å². The van der Waals surface area contributed by atoms with E-state index in [1.807, 2.05) is 6.92 Å². The van der Waals surface area contributed by atoms with Crippen molar-refractivity contribution in [2.24, 2.45) is 57.8 Å². The number of fused-ring (bicyclic) bond motifs is 5. The Morgan fingerprint density at radius 3 is 2.16 bits per heavy atom. The van der Waals surface area contributed by atoms with Gasteiger partial charge in [-0.3, -0.25) is 19.2 Å². The van der Waals surface area contributed by atoms with Crippen molar-refractivity contribution in [3.8, 4) is 0 Å². The van der Waals surface area contributed by atoms with Gasteiger partial charge in [-0.1, -0.05) is 66.7 Å². The molecule has 4 fully saturated rings. The number of carbonyl (C=O) groups is 4. The highest BCUT2D eigenvalue weighted by Gasteiger charge is 2.67. The van der Waals surface area contributed by atoms with Crippen LogP contribution in [0.5, 0.6) is 0 Å². The van der Waals surface area contributed by atoms with E-state index in [4.69, 9.17) is 30.4 Å². The molecule has 0 aromatic rings. The molecule has 0 radical (unpaired) electrons. The number of carbonyl (C=O) groups excluding carboxylic acids is 4. The molecule has 49 heavy (non-hydrogen) atoms. The molecule has 280 valence electrons. The quantitative estimate of drug-likeness (QED) is 0.102. The lowest BCUT2D eigenvalue weighted by atomic mass is 9.43. The van der Waals surface area contributed by atoms with Crippen molar-refractivity contribution in [1.82, 2.24) is 0 Å². The van der Waals surface area contributed by atoms with E-state index in [1.165, 1.54) is 25.7 Å². The lowest BCUT2D eigenvalue weighted by Gasteiger charge is -2.64. The van der Waals surface area contributed by atoms with Crippen molar-refractivity contribution in [1.29, 1.82) is 0 Å². The second kappa shape index (κ2) is 17.8. The number of rotatable bonds is 17. The highest BCUT2D eigenvalue weighted by atomic mass is 16.6. The molecule has 4 saturated carbocycles. The van der Waals surface area contributed by atoms with E-state index in [-0.39, 0.29) is 89.7 Å².